The van der Waals surface area contributed by atoms with E-state index in [1.165, 1.54) is 0 Å². The number of carbonyl (C=O) groups is 2. The molecule has 0 aromatic heterocycles. The molecule has 1 fully saturated rings. The minimum Gasteiger partial charge on any atom is -0.492 e. The van der Waals surface area contributed by atoms with Crippen LogP contribution in [0.5, 0.6) is 17.2 Å². The van der Waals surface area contributed by atoms with Crippen LogP contribution >= 0.6 is 0 Å². The largest absolute Gasteiger partial charge is 0.492 e. The fourth-order valence-corrected chi connectivity index (χ4v) is 4.34. The molecule has 0 aliphatic carbocycles. The number of ether oxygens (including phenoxy) is 2. The smallest absolute Gasteiger partial charge is 0.229 e. The zero-order valence-corrected chi connectivity index (χ0v) is 19.4. The van der Waals surface area contributed by atoms with Gasteiger partial charge in [-0.2, -0.15) is 0 Å². The van der Waals surface area contributed by atoms with Crippen LogP contribution in [0.2, 0.25) is 0 Å². The fourth-order valence-electron chi connectivity index (χ4n) is 4.34. The van der Waals surface area contributed by atoms with Gasteiger partial charge >= 0.3 is 0 Å². The standard InChI is InChI=1S/C29H26N2O4/c1-2-34-27-12-6-5-11-25(27)31-19-21(18-28(31)32)29(33)30-22-14-16-23(17-15-22)35-26-13-7-9-20-8-3-4-10-24(20)26/h3-17,21H,2,18-19H2,1H3,(H,30,33)/t21-/m0/s1. The third-order valence-corrected chi connectivity index (χ3v) is 6.05. The van der Waals surface area contributed by atoms with Gasteiger partial charge in [-0.05, 0) is 54.8 Å². The number of benzene rings is 4. The van der Waals surface area contributed by atoms with E-state index in [0.29, 0.717) is 36.0 Å². The number of hydrogen-bond donors (Lipinski definition) is 1. The minimum absolute atomic E-state index is 0.0869. The first-order chi connectivity index (χ1) is 17.1. The topological polar surface area (TPSA) is 67.9 Å². The summed E-state index contributed by atoms with van der Waals surface area (Å²) in [5.41, 5.74) is 1.35. The van der Waals surface area contributed by atoms with Crippen molar-refractivity contribution in [1.82, 2.24) is 0 Å². The second-order valence-corrected chi connectivity index (χ2v) is 8.40. The van der Waals surface area contributed by atoms with Crippen LogP contribution in [0.4, 0.5) is 11.4 Å². The van der Waals surface area contributed by atoms with Crippen molar-refractivity contribution in [1.29, 1.82) is 0 Å². The summed E-state index contributed by atoms with van der Waals surface area (Å²) < 4.78 is 11.7. The Balaban J connectivity index is 1.24. The minimum atomic E-state index is -0.441. The number of fused-ring (bicyclic) bond motifs is 1. The van der Waals surface area contributed by atoms with Crippen molar-refractivity contribution in [2.75, 3.05) is 23.4 Å². The van der Waals surface area contributed by atoms with E-state index < -0.39 is 5.92 Å². The van der Waals surface area contributed by atoms with Crippen LogP contribution in [0.1, 0.15) is 13.3 Å². The molecule has 0 radical (unpaired) electrons. The van der Waals surface area contributed by atoms with Gasteiger partial charge in [0.15, 0.2) is 0 Å². The van der Waals surface area contributed by atoms with Crippen LogP contribution in [0.3, 0.4) is 0 Å². The van der Waals surface area contributed by atoms with E-state index in [9.17, 15) is 9.59 Å². The van der Waals surface area contributed by atoms with Gasteiger partial charge in [0.05, 0.1) is 18.2 Å². The molecule has 0 spiro atoms. The highest BCUT2D eigenvalue weighted by atomic mass is 16.5. The zero-order valence-electron chi connectivity index (χ0n) is 19.4. The number of hydrogen-bond acceptors (Lipinski definition) is 4. The van der Waals surface area contributed by atoms with Gasteiger partial charge in [-0.15, -0.1) is 0 Å². The first kappa shape index (κ1) is 22.5. The van der Waals surface area contributed by atoms with E-state index >= 15 is 0 Å². The molecule has 176 valence electrons. The second-order valence-electron chi connectivity index (χ2n) is 8.40. The molecular weight excluding hydrogens is 440 g/mol. The molecule has 5 rings (SSSR count). The van der Waals surface area contributed by atoms with Gasteiger partial charge < -0.3 is 19.7 Å². The van der Waals surface area contributed by atoms with E-state index in [1.807, 2.05) is 85.8 Å². The molecule has 1 atom stereocenters. The number of nitrogens with zero attached hydrogens (tertiary/aromatic N) is 1. The Bertz CT molecular complexity index is 1360. The number of anilines is 2. The zero-order chi connectivity index (χ0) is 24.2. The predicted molar refractivity (Wildman–Crippen MR) is 137 cm³/mol. The van der Waals surface area contributed by atoms with Crippen molar-refractivity contribution < 1.29 is 19.1 Å². The molecular formula is C29H26N2O4. The van der Waals surface area contributed by atoms with Gasteiger partial charge in [-0.3, -0.25) is 9.59 Å². The van der Waals surface area contributed by atoms with Crippen LogP contribution in [0.15, 0.2) is 91.0 Å². The highest BCUT2D eigenvalue weighted by molar-refractivity contribution is 6.04. The van der Waals surface area contributed by atoms with Crippen LogP contribution in [-0.4, -0.2) is 25.0 Å². The molecule has 0 unspecified atom stereocenters. The maximum atomic E-state index is 12.9. The molecule has 2 amide bonds. The Hall–Kier alpha value is -4.32. The molecule has 1 saturated heterocycles. The second kappa shape index (κ2) is 9.89. The van der Waals surface area contributed by atoms with Gasteiger partial charge in [0, 0.05) is 24.0 Å². The van der Waals surface area contributed by atoms with Crippen molar-refractivity contribution in [3.63, 3.8) is 0 Å². The molecule has 6 nitrogen and oxygen atoms in total. The van der Waals surface area contributed by atoms with E-state index in [-0.39, 0.29) is 18.2 Å². The fraction of sp³-hybridized carbons (Fsp3) is 0.172. The van der Waals surface area contributed by atoms with Crippen molar-refractivity contribution in [3.8, 4) is 17.2 Å². The first-order valence-corrected chi connectivity index (χ1v) is 11.7. The van der Waals surface area contributed by atoms with E-state index in [2.05, 4.69) is 5.32 Å². The summed E-state index contributed by atoms with van der Waals surface area (Å²) in [6.45, 7) is 2.72. The molecule has 4 aromatic carbocycles. The van der Waals surface area contributed by atoms with Crippen LogP contribution < -0.4 is 19.7 Å². The van der Waals surface area contributed by atoms with Crippen LogP contribution in [0.25, 0.3) is 10.8 Å². The van der Waals surface area contributed by atoms with E-state index in [1.54, 1.807) is 17.0 Å². The Morgan fingerprint density at radius 2 is 1.63 bits per heavy atom. The lowest BCUT2D eigenvalue weighted by Gasteiger charge is -2.20. The van der Waals surface area contributed by atoms with Crippen molar-refractivity contribution >= 4 is 34.0 Å². The first-order valence-electron chi connectivity index (χ1n) is 11.7. The molecule has 0 saturated carbocycles. The van der Waals surface area contributed by atoms with Crippen molar-refractivity contribution in [2.24, 2.45) is 5.92 Å². The number of para-hydroxylation sites is 2. The number of nitrogens with one attached hydrogen (secondary N) is 1. The maximum absolute atomic E-state index is 12.9. The summed E-state index contributed by atoms with van der Waals surface area (Å²) in [6, 6.07) is 28.7. The lowest BCUT2D eigenvalue weighted by Crippen LogP contribution is -2.28. The van der Waals surface area contributed by atoms with Gasteiger partial charge in [0.25, 0.3) is 0 Å². The molecule has 1 heterocycles. The van der Waals surface area contributed by atoms with Gasteiger partial charge in [0.2, 0.25) is 11.8 Å². The summed E-state index contributed by atoms with van der Waals surface area (Å²) in [5, 5.41) is 5.08. The molecule has 4 aromatic rings. The van der Waals surface area contributed by atoms with Crippen molar-refractivity contribution in [3.05, 3.63) is 91.0 Å². The normalized spacial score (nSPS) is 15.3. The molecule has 1 N–H and O–H groups in total. The number of amides is 2. The Labute approximate surface area is 204 Å². The lowest BCUT2D eigenvalue weighted by atomic mass is 10.1. The summed E-state index contributed by atoms with van der Waals surface area (Å²) in [4.78, 5) is 27.2. The molecule has 1 aliphatic heterocycles. The summed E-state index contributed by atoms with van der Waals surface area (Å²) in [7, 11) is 0. The van der Waals surface area contributed by atoms with Crippen LogP contribution in [0, 0.1) is 5.92 Å². The SMILES string of the molecule is CCOc1ccccc1N1C[C@@H](C(=O)Nc2ccc(Oc3cccc4ccccc34)cc2)CC1=O. The Morgan fingerprint density at radius 1 is 0.914 bits per heavy atom. The average Bonchev–Trinajstić information content (AvgIpc) is 3.27. The average molecular weight is 467 g/mol. The third-order valence-electron chi connectivity index (χ3n) is 6.05. The third kappa shape index (κ3) is 4.82. The molecule has 35 heavy (non-hydrogen) atoms. The van der Waals surface area contributed by atoms with E-state index in [4.69, 9.17) is 9.47 Å². The lowest BCUT2D eigenvalue weighted by molar-refractivity contribution is -0.122. The van der Waals surface area contributed by atoms with Crippen molar-refractivity contribution in [2.45, 2.75) is 13.3 Å². The highest BCUT2D eigenvalue weighted by Crippen LogP contribution is 2.34. The quantitative estimate of drug-likeness (QED) is 0.362. The molecule has 1 aliphatic rings. The predicted octanol–water partition coefficient (Wildman–Crippen LogP) is 6.02. The summed E-state index contributed by atoms with van der Waals surface area (Å²) >= 11 is 0. The number of carbonyl (C=O) groups excluding carboxylic acids is 2. The van der Waals surface area contributed by atoms with Gasteiger partial charge in [-0.25, -0.2) is 0 Å². The highest BCUT2D eigenvalue weighted by Gasteiger charge is 2.36. The maximum Gasteiger partial charge on any atom is 0.229 e. The summed E-state index contributed by atoms with van der Waals surface area (Å²) in [5.74, 6) is 1.38. The van der Waals surface area contributed by atoms with Gasteiger partial charge in [-0.1, -0.05) is 48.5 Å². The Morgan fingerprint density at radius 3 is 2.46 bits per heavy atom. The Kier molecular flexibility index (Phi) is 6.35. The monoisotopic (exact) mass is 466 g/mol. The number of rotatable bonds is 7. The van der Waals surface area contributed by atoms with Crippen LogP contribution in [-0.2, 0) is 9.59 Å². The molecule has 6 heteroatoms. The van der Waals surface area contributed by atoms with Gasteiger partial charge in [0.1, 0.15) is 17.2 Å². The summed E-state index contributed by atoms with van der Waals surface area (Å²) in [6.07, 6.45) is 0.161. The molecule has 0 bridgehead atoms. The van der Waals surface area contributed by atoms with E-state index in [0.717, 1.165) is 16.5 Å².